The molecule has 1 fully saturated rings. The van der Waals surface area contributed by atoms with Crippen molar-refractivity contribution in [2.45, 2.75) is 18.9 Å². The molecule has 142 valence electrons. The van der Waals surface area contributed by atoms with Crippen molar-refractivity contribution in [3.63, 3.8) is 0 Å². The first-order valence-electron chi connectivity index (χ1n) is 8.96. The summed E-state index contributed by atoms with van der Waals surface area (Å²) in [5, 5.41) is 0.508. The standard InChI is InChI=1S/C21H22ClFN2O2/c1-24-11-12-25(14-19(24)15-5-7-18(23)8-6-15)21(27)10-9-20(26)16-3-2-4-17(22)13-16/h2-8,13,19H,9-12,14H2,1H3. The van der Waals surface area contributed by atoms with Crippen LogP contribution in [0.25, 0.3) is 0 Å². The lowest BCUT2D eigenvalue weighted by Crippen LogP contribution is -2.49. The highest BCUT2D eigenvalue weighted by Gasteiger charge is 2.28. The lowest BCUT2D eigenvalue weighted by molar-refractivity contribution is -0.134. The Labute approximate surface area is 163 Å². The molecule has 0 saturated carbocycles. The van der Waals surface area contributed by atoms with Gasteiger partial charge in [0.25, 0.3) is 0 Å². The van der Waals surface area contributed by atoms with Crippen molar-refractivity contribution < 1.29 is 14.0 Å². The average Bonchev–Trinajstić information content (AvgIpc) is 2.67. The van der Waals surface area contributed by atoms with Crippen molar-refractivity contribution >= 4 is 23.3 Å². The van der Waals surface area contributed by atoms with E-state index in [4.69, 9.17) is 11.6 Å². The fraction of sp³-hybridized carbons (Fsp3) is 0.333. The van der Waals surface area contributed by atoms with Gasteiger partial charge in [-0.2, -0.15) is 0 Å². The van der Waals surface area contributed by atoms with Crippen LogP contribution in [0.2, 0.25) is 5.02 Å². The monoisotopic (exact) mass is 388 g/mol. The molecule has 1 unspecified atom stereocenters. The molecular weight excluding hydrogens is 367 g/mol. The maximum atomic E-state index is 13.2. The summed E-state index contributed by atoms with van der Waals surface area (Å²) in [5.74, 6) is -0.398. The first-order valence-corrected chi connectivity index (χ1v) is 9.34. The van der Waals surface area contributed by atoms with E-state index in [1.807, 2.05) is 7.05 Å². The molecule has 1 aliphatic heterocycles. The summed E-state index contributed by atoms with van der Waals surface area (Å²) < 4.78 is 13.2. The molecule has 27 heavy (non-hydrogen) atoms. The minimum absolute atomic E-state index is 0.0203. The highest BCUT2D eigenvalue weighted by atomic mass is 35.5. The van der Waals surface area contributed by atoms with Gasteiger partial charge in [-0.25, -0.2) is 4.39 Å². The molecule has 0 radical (unpaired) electrons. The molecule has 1 heterocycles. The van der Waals surface area contributed by atoms with E-state index >= 15 is 0 Å². The van der Waals surface area contributed by atoms with Crippen LogP contribution >= 0.6 is 11.6 Å². The van der Waals surface area contributed by atoms with Gasteiger partial charge in [0, 0.05) is 43.1 Å². The highest BCUT2D eigenvalue weighted by Crippen LogP contribution is 2.25. The second kappa shape index (κ2) is 8.63. The van der Waals surface area contributed by atoms with Crippen LogP contribution in [0.5, 0.6) is 0 Å². The molecule has 3 rings (SSSR count). The summed E-state index contributed by atoms with van der Waals surface area (Å²) >= 11 is 5.92. The van der Waals surface area contributed by atoms with Gasteiger partial charge in [0.15, 0.2) is 5.78 Å². The molecule has 1 amide bonds. The Bertz CT molecular complexity index is 825. The average molecular weight is 389 g/mol. The van der Waals surface area contributed by atoms with Crippen molar-refractivity contribution in [2.75, 3.05) is 26.7 Å². The Hall–Kier alpha value is -2.24. The fourth-order valence-electron chi connectivity index (χ4n) is 3.33. The van der Waals surface area contributed by atoms with Crippen LogP contribution in [0.15, 0.2) is 48.5 Å². The second-order valence-electron chi connectivity index (χ2n) is 6.82. The Kier molecular flexibility index (Phi) is 6.24. The van der Waals surface area contributed by atoms with Crippen LogP contribution in [-0.2, 0) is 4.79 Å². The zero-order valence-electron chi connectivity index (χ0n) is 15.2. The topological polar surface area (TPSA) is 40.6 Å². The zero-order valence-corrected chi connectivity index (χ0v) is 16.0. The van der Waals surface area contributed by atoms with E-state index in [1.165, 1.54) is 12.1 Å². The quantitative estimate of drug-likeness (QED) is 0.728. The molecule has 2 aromatic carbocycles. The van der Waals surface area contributed by atoms with Crippen LogP contribution in [0.3, 0.4) is 0 Å². The van der Waals surface area contributed by atoms with Gasteiger partial charge in [0.1, 0.15) is 5.82 Å². The zero-order chi connectivity index (χ0) is 19.4. The smallest absolute Gasteiger partial charge is 0.223 e. The third-order valence-corrected chi connectivity index (χ3v) is 5.20. The molecule has 0 N–H and O–H groups in total. The summed E-state index contributed by atoms with van der Waals surface area (Å²) in [6.07, 6.45) is 0.331. The molecule has 0 aromatic heterocycles. The summed E-state index contributed by atoms with van der Waals surface area (Å²) in [6, 6.07) is 13.2. The van der Waals surface area contributed by atoms with Crippen molar-refractivity contribution in [1.82, 2.24) is 9.80 Å². The highest BCUT2D eigenvalue weighted by molar-refractivity contribution is 6.31. The Morgan fingerprint density at radius 1 is 1.11 bits per heavy atom. The summed E-state index contributed by atoms with van der Waals surface area (Å²) in [4.78, 5) is 28.8. The first-order chi connectivity index (χ1) is 12.9. The van der Waals surface area contributed by atoms with E-state index in [1.54, 1.807) is 41.3 Å². The number of benzene rings is 2. The predicted molar refractivity (Wildman–Crippen MR) is 103 cm³/mol. The molecule has 4 nitrogen and oxygen atoms in total. The number of likely N-dealkylation sites (N-methyl/N-ethyl adjacent to an activating group) is 1. The van der Waals surface area contributed by atoms with Crippen molar-refractivity contribution in [3.8, 4) is 0 Å². The van der Waals surface area contributed by atoms with Crippen molar-refractivity contribution in [1.29, 1.82) is 0 Å². The molecular formula is C21H22ClFN2O2. The van der Waals surface area contributed by atoms with E-state index in [-0.39, 0.29) is 36.4 Å². The van der Waals surface area contributed by atoms with Crippen LogP contribution in [0.1, 0.15) is 34.8 Å². The first kappa shape index (κ1) is 19.5. The largest absolute Gasteiger partial charge is 0.339 e. The minimum atomic E-state index is -0.273. The van der Waals surface area contributed by atoms with Gasteiger partial charge >= 0.3 is 0 Å². The van der Waals surface area contributed by atoms with Crippen LogP contribution in [-0.4, -0.2) is 48.2 Å². The second-order valence-corrected chi connectivity index (χ2v) is 7.26. The molecule has 1 saturated heterocycles. The van der Waals surface area contributed by atoms with Crippen LogP contribution < -0.4 is 0 Å². The van der Waals surface area contributed by atoms with Crippen molar-refractivity contribution in [3.05, 3.63) is 70.5 Å². The van der Waals surface area contributed by atoms with Crippen LogP contribution in [0.4, 0.5) is 4.39 Å². The third-order valence-electron chi connectivity index (χ3n) is 4.97. The number of halogens is 2. The molecule has 1 atom stereocenters. The van der Waals surface area contributed by atoms with Gasteiger partial charge in [0.2, 0.25) is 5.91 Å². The molecule has 0 bridgehead atoms. The molecule has 6 heteroatoms. The normalized spacial score (nSPS) is 17.7. The van der Waals surface area contributed by atoms with Gasteiger partial charge in [-0.15, -0.1) is 0 Å². The maximum absolute atomic E-state index is 13.2. The number of piperazine rings is 1. The molecule has 0 spiro atoms. The van der Waals surface area contributed by atoms with E-state index < -0.39 is 0 Å². The molecule has 0 aliphatic carbocycles. The number of amides is 1. The summed E-state index contributed by atoms with van der Waals surface area (Å²) in [7, 11) is 2.00. The summed E-state index contributed by atoms with van der Waals surface area (Å²) in [5.41, 5.74) is 1.50. The lowest BCUT2D eigenvalue weighted by Gasteiger charge is -2.39. The lowest BCUT2D eigenvalue weighted by atomic mass is 10.0. The molecule has 1 aliphatic rings. The number of nitrogens with zero attached hydrogens (tertiary/aromatic N) is 2. The fourth-order valence-corrected chi connectivity index (χ4v) is 3.52. The Balaban J connectivity index is 1.59. The van der Waals surface area contributed by atoms with E-state index in [0.717, 1.165) is 12.1 Å². The number of carbonyl (C=O) groups is 2. The van der Waals surface area contributed by atoms with E-state index in [0.29, 0.717) is 23.7 Å². The number of rotatable bonds is 5. The number of hydrogen-bond acceptors (Lipinski definition) is 3. The third kappa shape index (κ3) is 4.93. The number of hydrogen-bond donors (Lipinski definition) is 0. The van der Waals surface area contributed by atoms with E-state index in [9.17, 15) is 14.0 Å². The van der Waals surface area contributed by atoms with Crippen molar-refractivity contribution in [2.24, 2.45) is 0 Å². The number of carbonyl (C=O) groups excluding carboxylic acids is 2. The summed E-state index contributed by atoms with van der Waals surface area (Å²) in [6.45, 7) is 1.89. The minimum Gasteiger partial charge on any atom is -0.339 e. The SMILES string of the molecule is CN1CCN(C(=O)CCC(=O)c2cccc(Cl)c2)CC1c1ccc(F)cc1. The van der Waals surface area contributed by atoms with Gasteiger partial charge in [-0.05, 0) is 36.9 Å². The van der Waals surface area contributed by atoms with Gasteiger partial charge in [0.05, 0.1) is 6.04 Å². The van der Waals surface area contributed by atoms with E-state index in [2.05, 4.69) is 4.90 Å². The maximum Gasteiger partial charge on any atom is 0.223 e. The Morgan fingerprint density at radius 2 is 1.85 bits per heavy atom. The van der Waals surface area contributed by atoms with Crippen LogP contribution in [0, 0.1) is 5.82 Å². The van der Waals surface area contributed by atoms with Gasteiger partial charge in [-0.3, -0.25) is 14.5 Å². The molecule has 2 aromatic rings. The Morgan fingerprint density at radius 3 is 2.56 bits per heavy atom. The predicted octanol–water partition coefficient (Wildman–Crippen LogP) is 3.96. The number of Topliss-reactive ketones (excluding diaryl/α,β-unsaturated/α-hetero) is 1. The van der Waals surface area contributed by atoms with Gasteiger partial charge in [-0.1, -0.05) is 35.9 Å². The number of ketones is 1. The van der Waals surface area contributed by atoms with Gasteiger partial charge < -0.3 is 4.90 Å².